The van der Waals surface area contributed by atoms with Crippen molar-refractivity contribution in [2.24, 2.45) is 0 Å². The first kappa shape index (κ1) is 20.5. The van der Waals surface area contributed by atoms with Crippen molar-refractivity contribution in [3.63, 3.8) is 0 Å². The quantitative estimate of drug-likeness (QED) is 0.371. The lowest BCUT2D eigenvalue weighted by molar-refractivity contribution is 0.0206. The van der Waals surface area contributed by atoms with E-state index in [9.17, 15) is 4.79 Å². The summed E-state index contributed by atoms with van der Waals surface area (Å²) in [5, 5.41) is 5.95. The Kier molecular flexibility index (Phi) is 5.91. The number of benzene rings is 2. The molecule has 31 heavy (non-hydrogen) atoms. The molecule has 2 aromatic carbocycles. The predicted octanol–water partition coefficient (Wildman–Crippen LogP) is 5.93. The topological polar surface area (TPSA) is 54.7 Å². The molecular formula is C24H21BrN2O3S. The lowest BCUT2D eigenvalue weighted by atomic mass is 10.0. The molecule has 1 saturated heterocycles. The molecule has 5 nitrogen and oxygen atoms in total. The summed E-state index contributed by atoms with van der Waals surface area (Å²) < 4.78 is 13.0. The molecule has 3 heterocycles. The van der Waals surface area contributed by atoms with Crippen molar-refractivity contribution < 1.29 is 13.9 Å². The van der Waals surface area contributed by atoms with Gasteiger partial charge in [-0.3, -0.25) is 9.69 Å². The smallest absolute Gasteiger partial charge is 0.265 e. The van der Waals surface area contributed by atoms with E-state index in [0.29, 0.717) is 18.1 Å². The van der Waals surface area contributed by atoms with Crippen LogP contribution in [0.3, 0.4) is 0 Å². The molecule has 0 unspecified atom stereocenters. The van der Waals surface area contributed by atoms with E-state index in [4.69, 9.17) is 9.15 Å². The zero-order chi connectivity index (χ0) is 21.2. The highest BCUT2D eigenvalue weighted by molar-refractivity contribution is 9.10. The number of ether oxygens (including phenoxy) is 1. The summed E-state index contributed by atoms with van der Waals surface area (Å²) in [6.45, 7) is 2.91. The van der Waals surface area contributed by atoms with Crippen LogP contribution >= 0.6 is 27.3 Å². The maximum Gasteiger partial charge on any atom is 0.265 e. The average molecular weight is 497 g/mol. The maximum atomic E-state index is 13.0. The number of para-hydroxylation sites is 1. The van der Waals surface area contributed by atoms with Crippen molar-refractivity contribution in [1.82, 2.24) is 4.90 Å². The Morgan fingerprint density at radius 1 is 1.06 bits per heavy atom. The van der Waals surface area contributed by atoms with E-state index >= 15 is 0 Å². The van der Waals surface area contributed by atoms with Crippen molar-refractivity contribution in [2.75, 3.05) is 31.6 Å². The van der Waals surface area contributed by atoms with E-state index in [2.05, 4.69) is 38.3 Å². The van der Waals surface area contributed by atoms with Gasteiger partial charge in [-0.05, 0) is 41.3 Å². The number of morpholine rings is 1. The van der Waals surface area contributed by atoms with E-state index < -0.39 is 0 Å². The minimum Gasteiger partial charge on any atom is -0.457 e. The maximum absolute atomic E-state index is 13.0. The zero-order valence-corrected chi connectivity index (χ0v) is 19.1. The SMILES string of the molecule is O=C(Nc1c([C@@H](c2cccc(Br)c2)N2CCOCC2)oc2ccccc12)c1cccs1. The molecule has 1 aliphatic heterocycles. The van der Waals surface area contributed by atoms with Gasteiger partial charge >= 0.3 is 0 Å². The molecule has 5 rings (SSSR count). The number of carbonyl (C=O) groups is 1. The third-order valence-electron chi connectivity index (χ3n) is 5.43. The van der Waals surface area contributed by atoms with Gasteiger partial charge in [0.05, 0.1) is 29.8 Å². The van der Waals surface area contributed by atoms with Gasteiger partial charge in [-0.2, -0.15) is 0 Å². The Balaban J connectivity index is 1.65. The number of anilines is 1. The number of nitrogens with one attached hydrogen (secondary N) is 1. The first-order valence-corrected chi connectivity index (χ1v) is 11.8. The summed E-state index contributed by atoms with van der Waals surface area (Å²) in [7, 11) is 0. The molecule has 2 aromatic heterocycles. The third-order valence-corrected chi connectivity index (χ3v) is 6.79. The van der Waals surface area contributed by atoms with Gasteiger partial charge in [-0.15, -0.1) is 11.3 Å². The number of nitrogens with zero attached hydrogens (tertiary/aromatic N) is 1. The van der Waals surface area contributed by atoms with Crippen LogP contribution in [0.15, 0.2) is 74.9 Å². The molecule has 1 atom stereocenters. The van der Waals surface area contributed by atoms with E-state index in [1.165, 1.54) is 11.3 Å². The molecule has 0 aliphatic carbocycles. The highest BCUT2D eigenvalue weighted by Gasteiger charge is 2.31. The Labute approximate surface area is 192 Å². The van der Waals surface area contributed by atoms with Gasteiger partial charge in [0.25, 0.3) is 5.91 Å². The molecule has 0 radical (unpaired) electrons. The number of furan rings is 1. The van der Waals surface area contributed by atoms with Crippen LogP contribution in [-0.4, -0.2) is 37.1 Å². The molecule has 158 valence electrons. The van der Waals surface area contributed by atoms with E-state index in [0.717, 1.165) is 45.5 Å². The fourth-order valence-electron chi connectivity index (χ4n) is 4.01. The van der Waals surface area contributed by atoms with Crippen molar-refractivity contribution >= 4 is 49.8 Å². The lowest BCUT2D eigenvalue weighted by Crippen LogP contribution is -2.39. The van der Waals surface area contributed by atoms with Crippen LogP contribution in [0.2, 0.25) is 0 Å². The summed E-state index contributed by atoms with van der Waals surface area (Å²) in [6.07, 6.45) is 0. The van der Waals surface area contributed by atoms with Crippen LogP contribution in [0.4, 0.5) is 5.69 Å². The summed E-state index contributed by atoms with van der Waals surface area (Å²) >= 11 is 5.03. The number of amides is 1. The number of hydrogen-bond acceptors (Lipinski definition) is 5. The van der Waals surface area contributed by atoms with E-state index in [1.54, 1.807) is 0 Å². The van der Waals surface area contributed by atoms with Gasteiger partial charge in [0.15, 0.2) is 0 Å². The van der Waals surface area contributed by atoms with Crippen LogP contribution in [-0.2, 0) is 4.74 Å². The zero-order valence-electron chi connectivity index (χ0n) is 16.7. The number of thiophene rings is 1. The monoisotopic (exact) mass is 496 g/mol. The summed E-state index contributed by atoms with van der Waals surface area (Å²) in [4.78, 5) is 16.0. The number of fused-ring (bicyclic) bond motifs is 1. The minimum absolute atomic E-state index is 0.127. The Morgan fingerprint density at radius 2 is 1.90 bits per heavy atom. The molecule has 1 fully saturated rings. The van der Waals surface area contributed by atoms with Gasteiger partial charge in [0.2, 0.25) is 0 Å². The van der Waals surface area contributed by atoms with Gasteiger partial charge in [0.1, 0.15) is 11.3 Å². The van der Waals surface area contributed by atoms with Crippen molar-refractivity contribution in [2.45, 2.75) is 6.04 Å². The van der Waals surface area contributed by atoms with Crippen LogP contribution in [0, 0.1) is 0 Å². The van der Waals surface area contributed by atoms with Crippen LogP contribution in [0.25, 0.3) is 11.0 Å². The van der Waals surface area contributed by atoms with Gasteiger partial charge in [0, 0.05) is 22.9 Å². The van der Waals surface area contributed by atoms with Gasteiger partial charge in [-0.25, -0.2) is 0 Å². The second kappa shape index (κ2) is 8.96. The average Bonchev–Trinajstić information content (AvgIpc) is 3.44. The van der Waals surface area contributed by atoms with Gasteiger partial charge < -0.3 is 14.5 Å². The molecule has 0 spiro atoms. The minimum atomic E-state index is -0.146. The van der Waals surface area contributed by atoms with Crippen molar-refractivity contribution in [1.29, 1.82) is 0 Å². The number of carbonyl (C=O) groups excluding carboxylic acids is 1. The highest BCUT2D eigenvalue weighted by Crippen LogP contribution is 2.41. The van der Waals surface area contributed by atoms with E-state index in [-0.39, 0.29) is 11.9 Å². The molecule has 7 heteroatoms. The van der Waals surface area contributed by atoms with Crippen LogP contribution in [0.1, 0.15) is 27.0 Å². The van der Waals surface area contributed by atoms with Crippen LogP contribution in [0.5, 0.6) is 0 Å². The predicted molar refractivity (Wildman–Crippen MR) is 127 cm³/mol. The first-order valence-electron chi connectivity index (χ1n) is 10.1. The Bertz CT molecular complexity index is 1200. The Hall–Kier alpha value is -2.45. The fraction of sp³-hybridized carbons (Fsp3) is 0.208. The second-order valence-electron chi connectivity index (χ2n) is 7.37. The summed E-state index contributed by atoms with van der Waals surface area (Å²) in [6, 6.07) is 19.7. The van der Waals surface area contributed by atoms with Gasteiger partial charge in [-0.1, -0.05) is 46.3 Å². The number of halogens is 1. The normalized spacial score (nSPS) is 15.8. The van der Waals surface area contributed by atoms with E-state index in [1.807, 2.05) is 53.9 Å². The fourth-order valence-corrected chi connectivity index (χ4v) is 5.05. The molecule has 0 bridgehead atoms. The molecule has 1 N–H and O–H groups in total. The number of rotatable bonds is 5. The molecule has 1 aliphatic rings. The second-order valence-corrected chi connectivity index (χ2v) is 9.24. The molecular weight excluding hydrogens is 476 g/mol. The molecule has 4 aromatic rings. The first-order chi connectivity index (χ1) is 15.2. The van der Waals surface area contributed by atoms with Crippen molar-refractivity contribution in [3.05, 3.63) is 86.7 Å². The molecule has 1 amide bonds. The standard InChI is InChI=1S/C24H21BrN2O3S/c25-17-6-3-5-16(15-17)22(27-10-12-29-13-11-27)23-21(18-7-1-2-8-19(18)30-23)26-24(28)20-9-4-14-31-20/h1-9,14-15,22H,10-13H2,(H,26,28)/t22-/m1/s1. The van der Waals surface area contributed by atoms with Crippen LogP contribution < -0.4 is 5.32 Å². The lowest BCUT2D eigenvalue weighted by Gasteiger charge is -2.34. The number of hydrogen-bond donors (Lipinski definition) is 1. The van der Waals surface area contributed by atoms with Crippen molar-refractivity contribution in [3.8, 4) is 0 Å². The third kappa shape index (κ3) is 4.19. The Morgan fingerprint density at radius 3 is 2.68 bits per heavy atom. The highest BCUT2D eigenvalue weighted by atomic mass is 79.9. The summed E-state index contributed by atoms with van der Waals surface area (Å²) in [5.41, 5.74) is 2.58. The molecule has 0 saturated carbocycles. The summed E-state index contributed by atoms with van der Waals surface area (Å²) in [5.74, 6) is 0.615. The largest absolute Gasteiger partial charge is 0.457 e.